The highest BCUT2D eigenvalue weighted by atomic mass is 16.5. The van der Waals surface area contributed by atoms with E-state index in [2.05, 4.69) is 9.91 Å². The number of carbonyl (C=O) groups is 1. The van der Waals surface area contributed by atoms with Crippen LogP contribution >= 0.6 is 0 Å². The lowest BCUT2D eigenvalue weighted by molar-refractivity contribution is -0.138. The van der Waals surface area contributed by atoms with Crippen molar-refractivity contribution in [3.8, 4) is 0 Å². The predicted molar refractivity (Wildman–Crippen MR) is 77.4 cm³/mol. The molecule has 0 fully saturated rings. The third-order valence-electron chi connectivity index (χ3n) is 2.65. The number of nitroso groups, excluding NO2 is 1. The number of rotatable bonds is 9. The second kappa shape index (κ2) is 9.66. The van der Waals surface area contributed by atoms with E-state index in [9.17, 15) is 14.8 Å². The highest BCUT2D eigenvalue weighted by molar-refractivity contribution is 5.88. The number of nitrogens with zero attached hydrogens (tertiary/aromatic N) is 1. The third kappa shape index (κ3) is 6.18. The Hall–Kier alpha value is -2.21. The van der Waals surface area contributed by atoms with Gasteiger partial charge in [0.15, 0.2) is 0 Å². The van der Waals surface area contributed by atoms with Crippen molar-refractivity contribution in [1.82, 2.24) is 0 Å². The van der Waals surface area contributed by atoms with Crippen LogP contribution in [0.15, 0.2) is 47.0 Å². The molecule has 0 unspecified atom stereocenters. The molecule has 1 rings (SSSR count). The standard InChI is InChI=1S/C15H19NO5/c1-2-21-15(18)14(16-19)13(17)9-6-10-20-11-12-7-4-3-5-8-12/h3-5,7-8,17H,2,6,9-11H2,1H3. The molecule has 0 heterocycles. The van der Waals surface area contributed by atoms with Gasteiger partial charge in [0.1, 0.15) is 5.76 Å². The number of hydrogen-bond donors (Lipinski definition) is 1. The summed E-state index contributed by atoms with van der Waals surface area (Å²) in [6, 6.07) is 9.68. The van der Waals surface area contributed by atoms with Crippen LogP contribution in [-0.2, 0) is 20.9 Å². The first-order chi connectivity index (χ1) is 10.2. The van der Waals surface area contributed by atoms with E-state index >= 15 is 0 Å². The molecule has 6 nitrogen and oxygen atoms in total. The molecule has 0 saturated carbocycles. The topological polar surface area (TPSA) is 85.2 Å². The van der Waals surface area contributed by atoms with Gasteiger partial charge < -0.3 is 14.6 Å². The van der Waals surface area contributed by atoms with E-state index in [1.54, 1.807) is 6.92 Å². The molecule has 0 bridgehead atoms. The fraction of sp³-hybridized carbons (Fsp3) is 0.400. The van der Waals surface area contributed by atoms with Crippen molar-refractivity contribution in [2.75, 3.05) is 13.2 Å². The molecule has 0 radical (unpaired) electrons. The van der Waals surface area contributed by atoms with E-state index in [1.165, 1.54) is 0 Å². The number of aliphatic hydroxyl groups is 1. The lowest BCUT2D eigenvalue weighted by Gasteiger charge is -2.05. The van der Waals surface area contributed by atoms with Gasteiger partial charge in [0.05, 0.1) is 13.2 Å². The molecule has 0 atom stereocenters. The molecule has 0 spiro atoms. The number of hydrogen-bond acceptors (Lipinski definition) is 6. The molecule has 6 heteroatoms. The molecule has 0 aliphatic rings. The van der Waals surface area contributed by atoms with Crippen molar-refractivity contribution >= 4 is 5.97 Å². The van der Waals surface area contributed by atoms with Crippen molar-refractivity contribution in [1.29, 1.82) is 0 Å². The van der Waals surface area contributed by atoms with Gasteiger partial charge in [-0.05, 0) is 24.1 Å². The summed E-state index contributed by atoms with van der Waals surface area (Å²) in [4.78, 5) is 21.9. The van der Waals surface area contributed by atoms with Gasteiger partial charge in [-0.25, -0.2) is 4.79 Å². The van der Waals surface area contributed by atoms with Gasteiger partial charge in [0.2, 0.25) is 5.70 Å². The maximum absolute atomic E-state index is 11.3. The molecule has 0 saturated heterocycles. The average Bonchev–Trinajstić information content (AvgIpc) is 2.49. The van der Waals surface area contributed by atoms with E-state index in [0.717, 1.165) is 5.56 Å². The number of carbonyl (C=O) groups excluding carboxylic acids is 1. The molecule has 1 N–H and O–H groups in total. The molecule has 1 aromatic rings. The predicted octanol–water partition coefficient (Wildman–Crippen LogP) is 3.08. The van der Waals surface area contributed by atoms with E-state index in [0.29, 0.717) is 19.6 Å². The van der Waals surface area contributed by atoms with Crippen molar-refractivity contribution in [2.24, 2.45) is 5.18 Å². The van der Waals surface area contributed by atoms with E-state index in [1.807, 2.05) is 30.3 Å². The number of benzene rings is 1. The second-order valence-electron chi connectivity index (χ2n) is 4.25. The molecule has 0 aromatic heterocycles. The number of esters is 1. The van der Waals surface area contributed by atoms with Gasteiger partial charge >= 0.3 is 5.97 Å². The zero-order valence-corrected chi connectivity index (χ0v) is 11.9. The second-order valence-corrected chi connectivity index (χ2v) is 4.25. The van der Waals surface area contributed by atoms with Gasteiger partial charge in [0, 0.05) is 13.0 Å². The molecular formula is C15H19NO5. The first-order valence-electron chi connectivity index (χ1n) is 6.73. The van der Waals surface area contributed by atoms with Gasteiger partial charge in [0.25, 0.3) is 0 Å². The minimum atomic E-state index is -0.907. The highest BCUT2D eigenvalue weighted by Crippen LogP contribution is 2.12. The van der Waals surface area contributed by atoms with Crippen LogP contribution in [0.3, 0.4) is 0 Å². The molecule has 0 aliphatic heterocycles. The Morgan fingerprint density at radius 3 is 2.62 bits per heavy atom. The van der Waals surface area contributed by atoms with Crippen molar-refractivity contribution in [3.63, 3.8) is 0 Å². The summed E-state index contributed by atoms with van der Waals surface area (Å²) in [7, 11) is 0. The van der Waals surface area contributed by atoms with Crippen molar-refractivity contribution < 1.29 is 19.4 Å². The minimum absolute atomic E-state index is 0.116. The van der Waals surface area contributed by atoms with Crippen LogP contribution in [0.4, 0.5) is 0 Å². The van der Waals surface area contributed by atoms with Gasteiger partial charge in [-0.1, -0.05) is 30.3 Å². The first-order valence-corrected chi connectivity index (χ1v) is 6.73. The summed E-state index contributed by atoms with van der Waals surface area (Å²) >= 11 is 0. The number of ether oxygens (including phenoxy) is 2. The van der Waals surface area contributed by atoms with Gasteiger partial charge in [-0.3, -0.25) is 0 Å². The summed E-state index contributed by atoms with van der Waals surface area (Å²) in [6.45, 7) is 2.59. The van der Waals surface area contributed by atoms with Gasteiger partial charge in [-0.2, -0.15) is 0 Å². The fourth-order valence-electron chi connectivity index (χ4n) is 1.63. The highest BCUT2D eigenvalue weighted by Gasteiger charge is 2.17. The maximum atomic E-state index is 11.3. The van der Waals surface area contributed by atoms with Crippen LogP contribution in [0.2, 0.25) is 0 Å². The molecule has 1 aromatic carbocycles. The van der Waals surface area contributed by atoms with Crippen LogP contribution in [0.5, 0.6) is 0 Å². The molecular weight excluding hydrogens is 274 g/mol. The molecule has 0 aliphatic carbocycles. The van der Waals surface area contributed by atoms with Crippen molar-refractivity contribution in [3.05, 3.63) is 52.3 Å². The number of aliphatic hydroxyl groups excluding tert-OH is 1. The van der Waals surface area contributed by atoms with E-state index in [4.69, 9.17) is 4.74 Å². The van der Waals surface area contributed by atoms with E-state index in [-0.39, 0.29) is 18.8 Å². The van der Waals surface area contributed by atoms with Crippen molar-refractivity contribution in [2.45, 2.75) is 26.4 Å². The SMILES string of the molecule is CCOC(=O)C(N=O)=C(O)CCCOCc1ccccc1. The van der Waals surface area contributed by atoms with Crippen LogP contribution in [0.1, 0.15) is 25.3 Å². The zero-order valence-electron chi connectivity index (χ0n) is 11.9. The summed E-state index contributed by atoms with van der Waals surface area (Å²) in [5, 5.41) is 12.2. The summed E-state index contributed by atoms with van der Waals surface area (Å²) in [5.41, 5.74) is 0.485. The Labute approximate surface area is 123 Å². The lowest BCUT2D eigenvalue weighted by Crippen LogP contribution is -2.09. The average molecular weight is 293 g/mol. The maximum Gasteiger partial charge on any atom is 0.364 e. The van der Waals surface area contributed by atoms with E-state index < -0.39 is 11.7 Å². The smallest absolute Gasteiger partial charge is 0.364 e. The summed E-state index contributed by atoms with van der Waals surface area (Å²) < 4.78 is 10.1. The lowest BCUT2D eigenvalue weighted by atomic mass is 10.2. The Morgan fingerprint density at radius 1 is 1.29 bits per heavy atom. The Kier molecular flexibility index (Phi) is 7.74. The molecule has 0 amide bonds. The Bertz CT molecular complexity index is 484. The van der Waals surface area contributed by atoms with Crippen LogP contribution in [0.25, 0.3) is 0 Å². The third-order valence-corrected chi connectivity index (χ3v) is 2.65. The monoisotopic (exact) mass is 293 g/mol. The minimum Gasteiger partial charge on any atom is -0.510 e. The van der Waals surface area contributed by atoms with Crippen LogP contribution in [0, 0.1) is 4.91 Å². The Balaban J connectivity index is 2.33. The summed E-state index contributed by atoms with van der Waals surface area (Å²) in [6.07, 6.45) is 0.603. The quantitative estimate of drug-likeness (QED) is 0.248. The van der Waals surface area contributed by atoms with Crippen LogP contribution < -0.4 is 0 Å². The van der Waals surface area contributed by atoms with Gasteiger partial charge in [-0.15, -0.1) is 4.91 Å². The zero-order chi connectivity index (χ0) is 15.5. The summed E-state index contributed by atoms with van der Waals surface area (Å²) in [5.74, 6) is -1.28. The molecule has 21 heavy (non-hydrogen) atoms. The first kappa shape index (κ1) is 16.8. The number of allylic oxidation sites excluding steroid dienone is 1. The normalized spacial score (nSPS) is 11.7. The Morgan fingerprint density at radius 2 is 2.00 bits per heavy atom. The fourth-order valence-corrected chi connectivity index (χ4v) is 1.63. The van der Waals surface area contributed by atoms with Crippen LogP contribution in [-0.4, -0.2) is 24.3 Å². The molecule has 114 valence electrons. The largest absolute Gasteiger partial charge is 0.510 e.